The van der Waals surface area contributed by atoms with Crippen LogP contribution in [0.2, 0.25) is 0 Å². The number of tetrazole rings is 1. The van der Waals surface area contributed by atoms with Crippen LogP contribution >= 0.6 is 0 Å². The molecule has 0 N–H and O–H groups in total. The molecule has 0 aliphatic rings. The number of pyridine rings is 1. The van der Waals surface area contributed by atoms with Crippen LogP contribution in [0.3, 0.4) is 0 Å². The van der Waals surface area contributed by atoms with E-state index < -0.39 is 0 Å². The van der Waals surface area contributed by atoms with Crippen molar-refractivity contribution in [3.8, 4) is 11.1 Å². The highest BCUT2D eigenvalue weighted by Gasteiger charge is 2.08. The predicted octanol–water partition coefficient (Wildman–Crippen LogP) is 1.78. The van der Waals surface area contributed by atoms with Gasteiger partial charge in [0, 0.05) is 30.7 Å². The molecule has 7 nitrogen and oxygen atoms in total. The molecule has 0 atom stereocenters. The van der Waals surface area contributed by atoms with Crippen LogP contribution in [0.1, 0.15) is 25.6 Å². The van der Waals surface area contributed by atoms with Crippen LogP contribution < -0.4 is 0 Å². The number of hydrogen-bond acceptors (Lipinski definition) is 5. The monoisotopic (exact) mass is 283 g/mol. The van der Waals surface area contributed by atoms with E-state index in [-0.39, 0.29) is 0 Å². The summed E-state index contributed by atoms with van der Waals surface area (Å²) in [7, 11) is 0. The van der Waals surface area contributed by atoms with Gasteiger partial charge in [-0.25, -0.2) is 4.68 Å². The van der Waals surface area contributed by atoms with E-state index in [2.05, 4.69) is 32.5 Å². The third kappa shape index (κ3) is 3.13. The molecule has 0 fully saturated rings. The highest BCUT2D eigenvalue weighted by molar-refractivity contribution is 5.60. The molecule has 0 saturated carbocycles. The first kappa shape index (κ1) is 13.4. The third-order valence-corrected chi connectivity index (χ3v) is 3.28. The van der Waals surface area contributed by atoms with Crippen molar-refractivity contribution in [2.45, 2.75) is 32.9 Å². The lowest BCUT2D eigenvalue weighted by Gasteiger charge is -2.03. The van der Waals surface area contributed by atoms with Crippen LogP contribution in [0.15, 0.2) is 36.9 Å². The molecule has 3 heterocycles. The highest BCUT2D eigenvalue weighted by Crippen LogP contribution is 2.17. The van der Waals surface area contributed by atoms with Crippen LogP contribution in [-0.4, -0.2) is 35.0 Å². The lowest BCUT2D eigenvalue weighted by molar-refractivity contribution is 0.515. The van der Waals surface area contributed by atoms with Gasteiger partial charge in [0.15, 0.2) is 5.82 Å². The van der Waals surface area contributed by atoms with E-state index in [1.54, 1.807) is 12.4 Å². The molecule has 7 heteroatoms. The molecule has 0 aliphatic heterocycles. The number of hydrogen-bond donors (Lipinski definition) is 0. The Bertz CT molecular complexity index is 686. The molecule has 0 aliphatic carbocycles. The van der Waals surface area contributed by atoms with Gasteiger partial charge in [0.1, 0.15) is 6.54 Å². The van der Waals surface area contributed by atoms with Crippen LogP contribution in [-0.2, 0) is 13.1 Å². The highest BCUT2D eigenvalue weighted by atomic mass is 15.5. The standard InChI is InChI=1S/C14H17N7/c1-2-3-8-21-14(17-18-19-21)11-20-10-13(9-16-20)12-4-6-15-7-5-12/h4-7,9-10H,2-3,8,11H2,1H3. The van der Waals surface area contributed by atoms with Gasteiger partial charge in [-0.05, 0) is 34.5 Å². The Labute approximate surface area is 122 Å². The summed E-state index contributed by atoms with van der Waals surface area (Å²) in [6.45, 7) is 3.57. The Kier molecular flexibility index (Phi) is 3.99. The summed E-state index contributed by atoms with van der Waals surface area (Å²) >= 11 is 0. The average molecular weight is 283 g/mol. The second-order valence-electron chi connectivity index (χ2n) is 4.83. The van der Waals surface area contributed by atoms with Crippen molar-refractivity contribution in [1.82, 2.24) is 35.0 Å². The van der Waals surface area contributed by atoms with Gasteiger partial charge < -0.3 is 0 Å². The lowest BCUT2D eigenvalue weighted by Crippen LogP contribution is -2.10. The second-order valence-corrected chi connectivity index (χ2v) is 4.83. The molecule has 0 unspecified atom stereocenters. The first-order valence-electron chi connectivity index (χ1n) is 7.04. The molecule has 21 heavy (non-hydrogen) atoms. The van der Waals surface area contributed by atoms with E-state index >= 15 is 0 Å². The molecule has 0 amide bonds. The zero-order chi connectivity index (χ0) is 14.5. The maximum absolute atomic E-state index is 4.38. The maximum atomic E-state index is 4.38. The lowest BCUT2D eigenvalue weighted by atomic mass is 10.1. The predicted molar refractivity (Wildman–Crippen MR) is 77.3 cm³/mol. The minimum atomic E-state index is 0.571. The summed E-state index contributed by atoms with van der Waals surface area (Å²) in [5.74, 6) is 0.827. The van der Waals surface area contributed by atoms with E-state index in [0.29, 0.717) is 6.54 Å². The largest absolute Gasteiger partial charge is 0.265 e. The first-order valence-corrected chi connectivity index (χ1v) is 7.04. The van der Waals surface area contributed by atoms with Gasteiger partial charge in [-0.1, -0.05) is 13.3 Å². The fraction of sp³-hybridized carbons (Fsp3) is 0.357. The van der Waals surface area contributed by atoms with Crippen LogP contribution in [0.25, 0.3) is 11.1 Å². The summed E-state index contributed by atoms with van der Waals surface area (Å²) in [5.41, 5.74) is 2.16. The van der Waals surface area contributed by atoms with Crippen LogP contribution in [0.5, 0.6) is 0 Å². The molecule has 108 valence electrons. The first-order chi connectivity index (χ1) is 10.4. The number of aromatic nitrogens is 7. The van der Waals surface area contributed by atoms with Crippen molar-refractivity contribution in [3.05, 3.63) is 42.7 Å². The Balaban J connectivity index is 1.74. The molecule has 3 aromatic heterocycles. The van der Waals surface area contributed by atoms with Crippen LogP contribution in [0.4, 0.5) is 0 Å². The van der Waals surface area contributed by atoms with E-state index in [1.165, 1.54) is 0 Å². The fourth-order valence-corrected chi connectivity index (χ4v) is 2.11. The topological polar surface area (TPSA) is 74.3 Å². The number of rotatable bonds is 6. The zero-order valence-corrected chi connectivity index (χ0v) is 11.9. The molecule has 0 bridgehead atoms. The minimum absolute atomic E-state index is 0.571. The van der Waals surface area contributed by atoms with Gasteiger partial charge >= 0.3 is 0 Å². The van der Waals surface area contributed by atoms with E-state index in [4.69, 9.17) is 0 Å². The molecule has 0 spiro atoms. The van der Waals surface area contributed by atoms with Crippen molar-refractivity contribution in [2.24, 2.45) is 0 Å². The Hall–Kier alpha value is -2.57. The smallest absolute Gasteiger partial charge is 0.172 e. The molecule has 3 rings (SSSR count). The fourth-order valence-electron chi connectivity index (χ4n) is 2.11. The molecule has 0 aromatic carbocycles. The minimum Gasteiger partial charge on any atom is -0.265 e. The Morgan fingerprint density at radius 1 is 1.14 bits per heavy atom. The van der Waals surface area contributed by atoms with Crippen molar-refractivity contribution >= 4 is 0 Å². The van der Waals surface area contributed by atoms with Crippen molar-refractivity contribution in [1.29, 1.82) is 0 Å². The van der Waals surface area contributed by atoms with Crippen molar-refractivity contribution in [2.75, 3.05) is 0 Å². The summed E-state index contributed by atoms with van der Waals surface area (Å²) in [5, 5.41) is 16.2. The number of nitrogens with zero attached hydrogens (tertiary/aromatic N) is 7. The normalized spacial score (nSPS) is 10.9. The van der Waals surface area contributed by atoms with Gasteiger partial charge in [0.05, 0.1) is 6.20 Å². The van der Waals surface area contributed by atoms with E-state index in [0.717, 1.165) is 36.3 Å². The molecule has 3 aromatic rings. The zero-order valence-electron chi connectivity index (χ0n) is 11.9. The summed E-state index contributed by atoms with van der Waals surface area (Å²) in [4.78, 5) is 4.02. The number of aryl methyl sites for hydroxylation is 1. The number of unbranched alkanes of at least 4 members (excludes halogenated alkanes) is 1. The van der Waals surface area contributed by atoms with Gasteiger partial charge in [0.2, 0.25) is 0 Å². The summed E-state index contributed by atoms with van der Waals surface area (Å²) in [6, 6.07) is 3.93. The Morgan fingerprint density at radius 3 is 2.81 bits per heavy atom. The third-order valence-electron chi connectivity index (χ3n) is 3.28. The molecular formula is C14H17N7. The van der Waals surface area contributed by atoms with E-state index in [1.807, 2.05) is 33.9 Å². The van der Waals surface area contributed by atoms with Crippen molar-refractivity contribution in [3.63, 3.8) is 0 Å². The Morgan fingerprint density at radius 2 is 2.00 bits per heavy atom. The van der Waals surface area contributed by atoms with Gasteiger partial charge in [0.25, 0.3) is 0 Å². The summed E-state index contributed by atoms with van der Waals surface area (Å²) < 4.78 is 3.70. The SMILES string of the molecule is CCCCn1nnnc1Cn1cc(-c2ccncc2)cn1. The van der Waals surface area contributed by atoms with Gasteiger partial charge in [-0.3, -0.25) is 9.67 Å². The van der Waals surface area contributed by atoms with Gasteiger partial charge in [-0.15, -0.1) is 5.10 Å². The quantitative estimate of drug-likeness (QED) is 0.689. The average Bonchev–Trinajstić information content (AvgIpc) is 3.16. The van der Waals surface area contributed by atoms with E-state index in [9.17, 15) is 0 Å². The summed E-state index contributed by atoms with van der Waals surface area (Å²) in [6.07, 6.45) is 9.58. The van der Waals surface area contributed by atoms with Crippen molar-refractivity contribution < 1.29 is 0 Å². The van der Waals surface area contributed by atoms with Gasteiger partial charge in [-0.2, -0.15) is 5.10 Å². The maximum Gasteiger partial charge on any atom is 0.172 e. The molecular weight excluding hydrogens is 266 g/mol. The molecule has 0 saturated heterocycles. The van der Waals surface area contributed by atoms with Crippen LogP contribution in [0, 0.1) is 0 Å². The second kappa shape index (κ2) is 6.25. The molecule has 0 radical (unpaired) electrons.